The lowest BCUT2D eigenvalue weighted by atomic mass is 10.0. The summed E-state index contributed by atoms with van der Waals surface area (Å²) in [4.78, 5) is 0. The first-order valence-corrected chi connectivity index (χ1v) is 7.08. The van der Waals surface area contributed by atoms with E-state index in [1.165, 1.54) is 11.1 Å². The average Bonchev–Trinajstić information content (AvgIpc) is 2.47. The monoisotopic (exact) mass is 253 g/mol. The van der Waals surface area contributed by atoms with Crippen molar-refractivity contribution in [2.45, 2.75) is 32.2 Å². The Balaban J connectivity index is 1.79. The van der Waals surface area contributed by atoms with Crippen LogP contribution in [0.5, 0.6) is 0 Å². The SMILES string of the molecule is CC(Cc1ccccc1)NCC(C)c1ccccc1. The van der Waals surface area contributed by atoms with Gasteiger partial charge in [0.25, 0.3) is 0 Å². The highest BCUT2D eigenvalue weighted by molar-refractivity contribution is 5.19. The molecule has 0 spiro atoms. The van der Waals surface area contributed by atoms with Gasteiger partial charge < -0.3 is 5.32 Å². The summed E-state index contributed by atoms with van der Waals surface area (Å²) < 4.78 is 0. The number of rotatable bonds is 6. The summed E-state index contributed by atoms with van der Waals surface area (Å²) in [5.74, 6) is 0.555. The third-order valence-electron chi connectivity index (χ3n) is 3.53. The van der Waals surface area contributed by atoms with Crippen molar-refractivity contribution in [1.82, 2.24) is 5.32 Å². The summed E-state index contributed by atoms with van der Waals surface area (Å²) in [5.41, 5.74) is 2.80. The van der Waals surface area contributed by atoms with Crippen LogP contribution in [0.15, 0.2) is 60.7 Å². The van der Waals surface area contributed by atoms with Crippen LogP contribution in [-0.4, -0.2) is 12.6 Å². The normalized spacial score (nSPS) is 14.0. The van der Waals surface area contributed by atoms with Crippen molar-refractivity contribution in [2.24, 2.45) is 0 Å². The van der Waals surface area contributed by atoms with Crippen molar-refractivity contribution in [3.05, 3.63) is 71.8 Å². The Morgan fingerprint density at radius 2 is 1.42 bits per heavy atom. The summed E-state index contributed by atoms with van der Waals surface area (Å²) in [7, 11) is 0. The zero-order valence-electron chi connectivity index (χ0n) is 11.8. The van der Waals surface area contributed by atoms with E-state index in [4.69, 9.17) is 0 Å². The molecule has 0 bridgehead atoms. The molecule has 0 aromatic heterocycles. The summed E-state index contributed by atoms with van der Waals surface area (Å²) in [6.07, 6.45) is 1.09. The highest BCUT2D eigenvalue weighted by atomic mass is 14.9. The van der Waals surface area contributed by atoms with E-state index >= 15 is 0 Å². The molecule has 0 aliphatic rings. The average molecular weight is 253 g/mol. The van der Waals surface area contributed by atoms with Crippen LogP contribution >= 0.6 is 0 Å². The predicted octanol–water partition coefficient (Wildman–Crippen LogP) is 4.01. The van der Waals surface area contributed by atoms with E-state index in [1.807, 2.05) is 0 Å². The van der Waals surface area contributed by atoms with Gasteiger partial charge in [0.15, 0.2) is 0 Å². The van der Waals surface area contributed by atoms with Crippen LogP contribution in [0.1, 0.15) is 30.9 Å². The second-order valence-corrected chi connectivity index (χ2v) is 5.31. The van der Waals surface area contributed by atoms with Crippen molar-refractivity contribution >= 4 is 0 Å². The van der Waals surface area contributed by atoms with Gasteiger partial charge in [0.05, 0.1) is 0 Å². The number of hydrogen-bond acceptors (Lipinski definition) is 1. The van der Waals surface area contributed by atoms with Crippen LogP contribution in [0.4, 0.5) is 0 Å². The molecule has 2 unspecified atom stereocenters. The van der Waals surface area contributed by atoms with Gasteiger partial charge in [-0.05, 0) is 30.4 Å². The molecule has 2 aromatic rings. The van der Waals surface area contributed by atoms with Crippen molar-refractivity contribution in [1.29, 1.82) is 0 Å². The van der Waals surface area contributed by atoms with Crippen LogP contribution in [0.3, 0.4) is 0 Å². The topological polar surface area (TPSA) is 12.0 Å². The highest BCUT2D eigenvalue weighted by Crippen LogP contribution is 2.13. The Labute approximate surface area is 116 Å². The van der Waals surface area contributed by atoms with Gasteiger partial charge in [-0.3, -0.25) is 0 Å². The Hall–Kier alpha value is -1.60. The van der Waals surface area contributed by atoms with Crippen LogP contribution in [0.25, 0.3) is 0 Å². The molecule has 0 fully saturated rings. The fourth-order valence-corrected chi connectivity index (χ4v) is 2.32. The van der Waals surface area contributed by atoms with Crippen molar-refractivity contribution < 1.29 is 0 Å². The molecule has 19 heavy (non-hydrogen) atoms. The van der Waals surface area contributed by atoms with Gasteiger partial charge >= 0.3 is 0 Å². The van der Waals surface area contributed by atoms with Crippen LogP contribution < -0.4 is 5.32 Å². The van der Waals surface area contributed by atoms with Crippen LogP contribution in [0.2, 0.25) is 0 Å². The Bertz CT molecular complexity index is 464. The van der Waals surface area contributed by atoms with Gasteiger partial charge in [-0.2, -0.15) is 0 Å². The summed E-state index contributed by atoms with van der Waals surface area (Å²) in [6, 6.07) is 21.9. The smallest absolute Gasteiger partial charge is 0.00793 e. The van der Waals surface area contributed by atoms with Gasteiger partial charge in [0.2, 0.25) is 0 Å². The summed E-state index contributed by atoms with van der Waals surface area (Å²) in [5, 5.41) is 3.63. The van der Waals surface area contributed by atoms with E-state index in [1.54, 1.807) is 0 Å². The first kappa shape index (κ1) is 13.8. The molecule has 0 saturated carbocycles. The molecule has 100 valence electrons. The van der Waals surface area contributed by atoms with Gasteiger partial charge in [-0.1, -0.05) is 67.6 Å². The fraction of sp³-hybridized carbons (Fsp3) is 0.333. The minimum atomic E-state index is 0.508. The molecule has 1 N–H and O–H groups in total. The van der Waals surface area contributed by atoms with E-state index in [2.05, 4.69) is 79.8 Å². The van der Waals surface area contributed by atoms with E-state index < -0.39 is 0 Å². The van der Waals surface area contributed by atoms with Gasteiger partial charge in [0, 0.05) is 12.6 Å². The first-order chi connectivity index (χ1) is 9.25. The molecule has 2 atom stereocenters. The van der Waals surface area contributed by atoms with E-state index in [9.17, 15) is 0 Å². The number of benzene rings is 2. The van der Waals surface area contributed by atoms with Crippen LogP contribution in [-0.2, 0) is 6.42 Å². The van der Waals surface area contributed by atoms with E-state index in [0.29, 0.717) is 12.0 Å². The lowest BCUT2D eigenvalue weighted by Gasteiger charge is -2.18. The second-order valence-electron chi connectivity index (χ2n) is 5.31. The van der Waals surface area contributed by atoms with E-state index in [0.717, 1.165) is 13.0 Å². The standard InChI is InChI=1S/C18H23N/c1-15(18-11-7-4-8-12-18)14-19-16(2)13-17-9-5-3-6-10-17/h3-12,15-16,19H,13-14H2,1-2H3. The maximum atomic E-state index is 3.63. The third-order valence-corrected chi connectivity index (χ3v) is 3.53. The van der Waals surface area contributed by atoms with Gasteiger partial charge in [0.1, 0.15) is 0 Å². The lowest BCUT2D eigenvalue weighted by Crippen LogP contribution is -2.31. The van der Waals surface area contributed by atoms with Crippen LogP contribution in [0, 0.1) is 0 Å². The number of nitrogens with one attached hydrogen (secondary N) is 1. The Morgan fingerprint density at radius 1 is 0.842 bits per heavy atom. The lowest BCUT2D eigenvalue weighted by molar-refractivity contribution is 0.516. The molecular formula is C18H23N. The maximum absolute atomic E-state index is 3.63. The molecule has 1 heteroatoms. The third kappa shape index (κ3) is 4.53. The number of hydrogen-bond donors (Lipinski definition) is 1. The molecule has 0 aliphatic carbocycles. The van der Waals surface area contributed by atoms with Crippen molar-refractivity contribution in [2.75, 3.05) is 6.54 Å². The minimum Gasteiger partial charge on any atom is -0.313 e. The molecule has 0 aliphatic heterocycles. The van der Waals surface area contributed by atoms with Crippen molar-refractivity contribution in [3.63, 3.8) is 0 Å². The molecule has 1 nitrogen and oxygen atoms in total. The highest BCUT2D eigenvalue weighted by Gasteiger charge is 2.07. The van der Waals surface area contributed by atoms with Gasteiger partial charge in [-0.15, -0.1) is 0 Å². The predicted molar refractivity (Wildman–Crippen MR) is 82.5 cm³/mol. The van der Waals surface area contributed by atoms with Crippen molar-refractivity contribution in [3.8, 4) is 0 Å². The molecule has 0 radical (unpaired) electrons. The zero-order chi connectivity index (χ0) is 13.5. The molecule has 2 rings (SSSR count). The second kappa shape index (κ2) is 7.10. The first-order valence-electron chi connectivity index (χ1n) is 7.08. The zero-order valence-corrected chi connectivity index (χ0v) is 11.8. The molecular weight excluding hydrogens is 230 g/mol. The largest absolute Gasteiger partial charge is 0.313 e. The Morgan fingerprint density at radius 3 is 2.05 bits per heavy atom. The minimum absolute atomic E-state index is 0.508. The molecule has 2 aromatic carbocycles. The quantitative estimate of drug-likeness (QED) is 0.820. The van der Waals surface area contributed by atoms with E-state index in [-0.39, 0.29) is 0 Å². The summed E-state index contributed by atoms with van der Waals surface area (Å²) in [6.45, 7) is 5.56. The maximum Gasteiger partial charge on any atom is 0.00793 e. The molecule has 0 saturated heterocycles. The van der Waals surface area contributed by atoms with Gasteiger partial charge in [-0.25, -0.2) is 0 Å². The molecule has 0 amide bonds. The fourth-order valence-electron chi connectivity index (χ4n) is 2.32. The summed E-state index contributed by atoms with van der Waals surface area (Å²) >= 11 is 0. The molecule has 0 heterocycles. The Kier molecular flexibility index (Phi) is 5.17.